The molecule has 0 aromatic carbocycles. The van der Waals surface area contributed by atoms with Crippen molar-refractivity contribution < 1.29 is 4.74 Å². The number of hydrazine groups is 1. The minimum Gasteiger partial charge on any atom is -0.374 e. The van der Waals surface area contributed by atoms with Crippen molar-refractivity contribution in [2.75, 3.05) is 57.4 Å². The van der Waals surface area contributed by atoms with Crippen LogP contribution in [0.1, 0.15) is 69.5 Å². The molecule has 7 aliphatic rings. The number of amidine groups is 1. The van der Waals surface area contributed by atoms with Gasteiger partial charge < -0.3 is 19.9 Å². The molecular formula is C31H46N8O. The van der Waals surface area contributed by atoms with E-state index in [0.29, 0.717) is 23.6 Å². The Bertz CT molecular complexity index is 1180. The zero-order valence-corrected chi connectivity index (χ0v) is 24.2. The number of morpholine rings is 1. The first-order valence-corrected chi connectivity index (χ1v) is 16.0. The molecule has 5 fully saturated rings. The van der Waals surface area contributed by atoms with Gasteiger partial charge in [-0.25, -0.2) is 10.0 Å². The second-order valence-corrected chi connectivity index (χ2v) is 13.6. The lowest BCUT2D eigenvalue weighted by molar-refractivity contribution is 0.0568. The fraction of sp³-hybridized carbons (Fsp3) is 0.742. The number of fused-ring (bicyclic) bond motifs is 3. The van der Waals surface area contributed by atoms with E-state index in [-0.39, 0.29) is 0 Å². The van der Waals surface area contributed by atoms with Gasteiger partial charge in [-0.15, -0.1) is 0 Å². The number of piperidine rings is 2. The van der Waals surface area contributed by atoms with E-state index >= 15 is 0 Å². The average Bonchev–Trinajstić information content (AvgIpc) is 3.79. The third-order valence-corrected chi connectivity index (χ3v) is 11.2. The first-order valence-electron chi connectivity index (χ1n) is 16.0. The summed E-state index contributed by atoms with van der Waals surface area (Å²) in [5, 5.41) is 13.1. The van der Waals surface area contributed by atoms with Crippen molar-refractivity contribution in [3.8, 4) is 0 Å². The first-order chi connectivity index (χ1) is 19.6. The number of aromatic nitrogens is 2. The predicted octanol–water partition coefficient (Wildman–Crippen LogP) is 3.67. The molecule has 1 spiro atoms. The van der Waals surface area contributed by atoms with Gasteiger partial charge in [0, 0.05) is 19.3 Å². The van der Waals surface area contributed by atoms with Crippen LogP contribution >= 0.6 is 0 Å². The van der Waals surface area contributed by atoms with E-state index in [2.05, 4.69) is 61.3 Å². The molecule has 7 heterocycles. The molecule has 6 aliphatic heterocycles. The molecule has 2 atom stereocenters. The molecule has 1 N–H and O–H groups in total. The number of likely N-dealkylation sites (tertiary alicyclic amines) is 2. The highest BCUT2D eigenvalue weighted by atomic mass is 16.5. The smallest absolute Gasteiger partial charge is 0.151 e. The van der Waals surface area contributed by atoms with Crippen LogP contribution in [0.4, 0.5) is 5.69 Å². The standard InChI is InChI=1S/C31H46N8O/c1-23-28(38-14-7-30-33-29(6-15-39(30)38)36-20-27-18-26(36)22-40-27)21-37(34-23)25-4-2-24(3-5-25)19-35-16-10-31(11-17-35)8-12-32-13-9-31/h6-7,15,21,24-27,32H,2-5,8-14,16-20,22H2,1H3/t24?,25?,26-,27-/m1/s1. The van der Waals surface area contributed by atoms with Gasteiger partial charge in [-0.05, 0) is 114 Å². The highest BCUT2D eigenvalue weighted by Gasteiger charge is 2.41. The predicted molar refractivity (Wildman–Crippen MR) is 157 cm³/mol. The van der Waals surface area contributed by atoms with Crippen LogP contribution in [0.15, 0.2) is 35.4 Å². The second-order valence-electron chi connectivity index (χ2n) is 13.6. The van der Waals surface area contributed by atoms with E-state index < -0.39 is 0 Å². The minimum absolute atomic E-state index is 0.383. The van der Waals surface area contributed by atoms with Gasteiger partial charge >= 0.3 is 0 Å². The summed E-state index contributed by atoms with van der Waals surface area (Å²) < 4.78 is 8.07. The Morgan fingerprint density at radius 1 is 1.05 bits per heavy atom. The van der Waals surface area contributed by atoms with Gasteiger partial charge in [0.15, 0.2) is 5.82 Å². The third kappa shape index (κ3) is 4.58. The SMILES string of the molecule is Cc1nn(C2CCC(CN3CCC4(CCNCC4)CC3)CC2)cc1N1CC=C2N=C(N3C[C@H]4C[C@@H]3CO4)C=CN21. The number of aryl methyl sites for hydroxylation is 1. The van der Waals surface area contributed by atoms with Crippen LogP contribution in [0.5, 0.6) is 0 Å². The van der Waals surface area contributed by atoms with Crippen molar-refractivity contribution in [1.82, 2.24) is 29.9 Å². The van der Waals surface area contributed by atoms with Crippen molar-refractivity contribution in [3.63, 3.8) is 0 Å². The molecule has 0 amide bonds. The largest absolute Gasteiger partial charge is 0.374 e. The molecule has 4 saturated heterocycles. The van der Waals surface area contributed by atoms with Crippen LogP contribution in [0, 0.1) is 18.3 Å². The molecule has 1 aromatic rings. The Kier molecular flexibility index (Phi) is 6.45. The maximum Gasteiger partial charge on any atom is 0.151 e. The summed E-state index contributed by atoms with van der Waals surface area (Å²) in [6, 6.07) is 1.01. The molecule has 8 rings (SSSR count). The van der Waals surface area contributed by atoms with Gasteiger partial charge in [-0.1, -0.05) is 0 Å². The van der Waals surface area contributed by atoms with Crippen molar-refractivity contribution in [1.29, 1.82) is 0 Å². The number of nitrogens with one attached hydrogen (secondary N) is 1. The van der Waals surface area contributed by atoms with E-state index in [0.717, 1.165) is 49.4 Å². The maximum absolute atomic E-state index is 5.79. The molecule has 40 heavy (non-hydrogen) atoms. The molecule has 0 radical (unpaired) electrons. The van der Waals surface area contributed by atoms with Gasteiger partial charge in [0.2, 0.25) is 0 Å². The number of anilines is 1. The Labute approximate surface area is 238 Å². The molecule has 216 valence electrons. The van der Waals surface area contributed by atoms with Gasteiger partial charge in [0.05, 0.1) is 48.9 Å². The van der Waals surface area contributed by atoms with E-state index in [1.807, 2.05) is 0 Å². The topological polar surface area (TPSA) is 64.4 Å². The van der Waals surface area contributed by atoms with E-state index in [9.17, 15) is 0 Å². The van der Waals surface area contributed by atoms with E-state index in [4.69, 9.17) is 14.8 Å². The van der Waals surface area contributed by atoms with Gasteiger partial charge in [-0.2, -0.15) is 5.10 Å². The number of ether oxygens (including phenoxy) is 1. The first kappa shape index (κ1) is 25.4. The van der Waals surface area contributed by atoms with Crippen LogP contribution in [0.3, 0.4) is 0 Å². The van der Waals surface area contributed by atoms with Crippen molar-refractivity contribution in [3.05, 3.63) is 36.1 Å². The van der Waals surface area contributed by atoms with Gasteiger partial charge in [-0.3, -0.25) is 9.69 Å². The highest BCUT2D eigenvalue weighted by molar-refractivity contribution is 5.95. The van der Waals surface area contributed by atoms with Gasteiger partial charge in [0.25, 0.3) is 0 Å². The van der Waals surface area contributed by atoms with E-state index in [1.165, 1.54) is 89.8 Å². The molecule has 0 unspecified atom stereocenters. The summed E-state index contributed by atoms with van der Waals surface area (Å²) >= 11 is 0. The number of hydrogen-bond acceptors (Lipinski definition) is 8. The molecular weight excluding hydrogens is 500 g/mol. The number of rotatable bonds is 4. The molecule has 1 saturated carbocycles. The van der Waals surface area contributed by atoms with E-state index in [1.54, 1.807) is 0 Å². The van der Waals surface area contributed by atoms with Gasteiger partial charge in [0.1, 0.15) is 5.84 Å². The Morgan fingerprint density at radius 3 is 2.62 bits per heavy atom. The quantitative estimate of drug-likeness (QED) is 0.618. The molecule has 9 nitrogen and oxygen atoms in total. The van der Waals surface area contributed by atoms with Crippen molar-refractivity contribution in [2.45, 2.75) is 82.9 Å². The molecule has 1 aromatic heterocycles. The lowest BCUT2D eigenvalue weighted by Gasteiger charge is -2.45. The minimum atomic E-state index is 0.383. The molecule has 9 heteroatoms. The lowest BCUT2D eigenvalue weighted by atomic mass is 9.71. The lowest BCUT2D eigenvalue weighted by Crippen LogP contribution is -2.46. The molecule has 1 aliphatic carbocycles. The van der Waals surface area contributed by atoms with Crippen LogP contribution < -0.4 is 10.3 Å². The third-order valence-electron chi connectivity index (χ3n) is 11.2. The summed E-state index contributed by atoms with van der Waals surface area (Å²) in [7, 11) is 0. The fourth-order valence-corrected chi connectivity index (χ4v) is 8.61. The van der Waals surface area contributed by atoms with Crippen LogP contribution in [0.25, 0.3) is 0 Å². The summed E-state index contributed by atoms with van der Waals surface area (Å²) in [4.78, 5) is 10.3. The second kappa shape index (κ2) is 10.2. The summed E-state index contributed by atoms with van der Waals surface area (Å²) in [6.07, 6.45) is 21.2. The zero-order chi connectivity index (χ0) is 26.7. The monoisotopic (exact) mass is 546 g/mol. The van der Waals surface area contributed by atoms with Crippen molar-refractivity contribution >= 4 is 11.5 Å². The average molecular weight is 547 g/mol. The number of nitrogens with zero attached hydrogens (tertiary/aromatic N) is 7. The summed E-state index contributed by atoms with van der Waals surface area (Å²) in [6.45, 7) is 11.2. The normalized spacial score (nSPS) is 33.6. The fourth-order valence-electron chi connectivity index (χ4n) is 8.61. The number of aliphatic imine (C=N–C) groups is 1. The van der Waals surface area contributed by atoms with Crippen molar-refractivity contribution in [2.24, 2.45) is 16.3 Å². The zero-order valence-electron chi connectivity index (χ0n) is 24.2. The number of hydrogen-bond donors (Lipinski definition) is 1. The summed E-state index contributed by atoms with van der Waals surface area (Å²) in [5.74, 6) is 2.96. The van der Waals surface area contributed by atoms with Crippen LogP contribution in [-0.2, 0) is 4.74 Å². The van der Waals surface area contributed by atoms with Crippen LogP contribution in [-0.4, -0.2) is 95.0 Å². The Hall–Kier alpha value is -2.36. The summed E-state index contributed by atoms with van der Waals surface area (Å²) in [5.41, 5.74) is 2.96. The molecule has 2 bridgehead atoms. The highest BCUT2D eigenvalue weighted by Crippen LogP contribution is 2.41. The Balaban J connectivity index is 0.855. The Morgan fingerprint density at radius 2 is 1.88 bits per heavy atom. The van der Waals surface area contributed by atoms with Crippen LogP contribution in [0.2, 0.25) is 0 Å². The maximum atomic E-state index is 5.79.